The number of rotatable bonds is 5. The molecular weight excluding hydrogens is 252 g/mol. The Hall–Kier alpha value is -1.55. The first-order valence-electron chi connectivity index (χ1n) is 5.82. The highest BCUT2D eigenvalue weighted by Gasteiger charge is 2.06. The lowest BCUT2D eigenvalue weighted by Crippen LogP contribution is -2.36. The maximum Gasteiger partial charge on any atom is 0.251 e. The third-order valence-electron chi connectivity index (χ3n) is 2.34. The van der Waals surface area contributed by atoms with E-state index in [1.54, 1.807) is 24.3 Å². The van der Waals surface area contributed by atoms with Gasteiger partial charge in [-0.1, -0.05) is 25.4 Å². The van der Waals surface area contributed by atoms with Crippen molar-refractivity contribution in [3.05, 3.63) is 34.9 Å². The molecule has 0 unspecified atom stereocenters. The second kappa shape index (κ2) is 7.01. The van der Waals surface area contributed by atoms with Crippen LogP contribution in [-0.2, 0) is 4.79 Å². The molecular formula is C13H17ClN2O2. The summed E-state index contributed by atoms with van der Waals surface area (Å²) in [6, 6.07) is 6.64. The quantitative estimate of drug-likeness (QED) is 0.801. The first-order valence-corrected chi connectivity index (χ1v) is 6.20. The van der Waals surface area contributed by atoms with E-state index in [9.17, 15) is 9.59 Å². The Bertz CT molecular complexity index is 416. The van der Waals surface area contributed by atoms with E-state index >= 15 is 0 Å². The Labute approximate surface area is 112 Å². The van der Waals surface area contributed by atoms with Crippen LogP contribution in [0.1, 0.15) is 24.2 Å². The van der Waals surface area contributed by atoms with Crippen molar-refractivity contribution in [3.8, 4) is 0 Å². The second-order valence-corrected chi connectivity index (χ2v) is 4.64. The van der Waals surface area contributed by atoms with Gasteiger partial charge in [-0.05, 0) is 24.3 Å². The van der Waals surface area contributed by atoms with Crippen molar-refractivity contribution >= 4 is 23.4 Å². The predicted octanol–water partition coefficient (Wildman–Crippen LogP) is 1.84. The first kappa shape index (κ1) is 14.5. The number of carbonyl (C=O) groups excluding carboxylic acids is 2. The van der Waals surface area contributed by atoms with Gasteiger partial charge in [0, 0.05) is 29.6 Å². The van der Waals surface area contributed by atoms with E-state index in [0.29, 0.717) is 23.7 Å². The summed E-state index contributed by atoms with van der Waals surface area (Å²) in [5.74, 6) is -0.238. The SMILES string of the molecule is CC(C)C(=O)NCCNC(=O)c1ccc(Cl)cc1. The van der Waals surface area contributed by atoms with Gasteiger partial charge in [0.2, 0.25) is 5.91 Å². The highest BCUT2D eigenvalue weighted by molar-refractivity contribution is 6.30. The highest BCUT2D eigenvalue weighted by Crippen LogP contribution is 2.09. The van der Waals surface area contributed by atoms with Gasteiger partial charge in [-0.15, -0.1) is 0 Å². The lowest BCUT2D eigenvalue weighted by molar-refractivity contribution is -0.123. The summed E-state index contributed by atoms with van der Waals surface area (Å²) >= 11 is 5.73. The Morgan fingerprint density at radius 1 is 1.11 bits per heavy atom. The summed E-state index contributed by atoms with van der Waals surface area (Å²) in [6.07, 6.45) is 0. The molecule has 1 aromatic rings. The molecule has 0 heterocycles. The summed E-state index contributed by atoms with van der Waals surface area (Å²) in [7, 11) is 0. The molecule has 0 spiro atoms. The molecule has 2 amide bonds. The van der Waals surface area contributed by atoms with Crippen molar-refractivity contribution < 1.29 is 9.59 Å². The molecule has 1 rings (SSSR count). The molecule has 0 aliphatic heterocycles. The molecule has 0 aromatic heterocycles. The van der Waals surface area contributed by atoms with Crippen LogP contribution >= 0.6 is 11.6 Å². The molecule has 0 aliphatic rings. The zero-order valence-corrected chi connectivity index (χ0v) is 11.3. The molecule has 0 radical (unpaired) electrons. The number of benzene rings is 1. The number of carbonyl (C=O) groups is 2. The van der Waals surface area contributed by atoms with E-state index in [1.165, 1.54) is 0 Å². The second-order valence-electron chi connectivity index (χ2n) is 4.21. The Morgan fingerprint density at radius 2 is 1.67 bits per heavy atom. The maximum atomic E-state index is 11.7. The molecule has 0 saturated heterocycles. The summed E-state index contributed by atoms with van der Waals surface area (Å²) in [5, 5.41) is 6.03. The van der Waals surface area contributed by atoms with Crippen molar-refractivity contribution in [2.75, 3.05) is 13.1 Å². The molecule has 2 N–H and O–H groups in total. The molecule has 4 nitrogen and oxygen atoms in total. The summed E-state index contributed by atoms with van der Waals surface area (Å²) in [6.45, 7) is 4.47. The van der Waals surface area contributed by atoms with Gasteiger partial charge in [-0.3, -0.25) is 9.59 Å². The number of nitrogens with one attached hydrogen (secondary N) is 2. The molecule has 18 heavy (non-hydrogen) atoms. The van der Waals surface area contributed by atoms with Crippen molar-refractivity contribution in [1.82, 2.24) is 10.6 Å². The topological polar surface area (TPSA) is 58.2 Å². The van der Waals surface area contributed by atoms with E-state index < -0.39 is 0 Å². The molecule has 0 atom stereocenters. The van der Waals surface area contributed by atoms with Gasteiger partial charge in [0.1, 0.15) is 0 Å². The summed E-state index contributed by atoms with van der Waals surface area (Å²) in [4.78, 5) is 22.9. The smallest absolute Gasteiger partial charge is 0.251 e. The van der Waals surface area contributed by atoms with Gasteiger partial charge >= 0.3 is 0 Å². The van der Waals surface area contributed by atoms with Gasteiger partial charge in [-0.25, -0.2) is 0 Å². The Balaban J connectivity index is 2.29. The molecule has 98 valence electrons. The average molecular weight is 269 g/mol. The lowest BCUT2D eigenvalue weighted by Gasteiger charge is -2.08. The van der Waals surface area contributed by atoms with Gasteiger partial charge < -0.3 is 10.6 Å². The molecule has 0 saturated carbocycles. The first-order chi connectivity index (χ1) is 8.50. The highest BCUT2D eigenvalue weighted by atomic mass is 35.5. The van der Waals surface area contributed by atoms with Crippen LogP contribution in [0.2, 0.25) is 5.02 Å². The molecule has 0 aliphatic carbocycles. The van der Waals surface area contributed by atoms with Crippen LogP contribution in [0.4, 0.5) is 0 Å². The predicted molar refractivity (Wildman–Crippen MR) is 71.6 cm³/mol. The van der Waals surface area contributed by atoms with Gasteiger partial charge in [-0.2, -0.15) is 0 Å². The fraction of sp³-hybridized carbons (Fsp3) is 0.385. The van der Waals surface area contributed by atoms with E-state index in [1.807, 2.05) is 13.8 Å². The number of hydrogen-bond acceptors (Lipinski definition) is 2. The normalized spacial score (nSPS) is 10.2. The summed E-state index contributed by atoms with van der Waals surface area (Å²) in [5.41, 5.74) is 0.551. The molecule has 0 bridgehead atoms. The minimum atomic E-state index is -0.175. The van der Waals surface area contributed by atoms with Crippen LogP contribution in [0.25, 0.3) is 0 Å². The average Bonchev–Trinajstić information content (AvgIpc) is 2.34. The van der Waals surface area contributed by atoms with Crippen molar-refractivity contribution in [2.24, 2.45) is 5.92 Å². The number of amides is 2. The molecule has 1 aromatic carbocycles. The van der Waals surface area contributed by atoms with Crippen LogP contribution in [0.5, 0.6) is 0 Å². The van der Waals surface area contributed by atoms with Crippen molar-refractivity contribution in [2.45, 2.75) is 13.8 Å². The van der Waals surface area contributed by atoms with Crippen LogP contribution < -0.4 is 10.6 Å². The Morgan fingerprint density at radius 3 is 2.22 bits per heavy atom. The third kappa shape index (κ3) is 4.75. The molecule has 0 fully saturated rings. The van der Waals surface area contributed by atoms with Gasteiger partial charge in [0.25, 0.3) is 5.91 Å². The zero-order valence-electron chi connectivity index (χ0n) is 10.5. The standard InChI is InChI=1S/C13H17ClN2O2/c1-9(2)12(17)15-7-8-16-13(18)10-3-5-11(14)6-4-10/h3-6,9H,7-8H2,1-2H3,(H,15,17)(H,16,18). The van der Waals surface area contributed by atoms with Gasteiger partial charge in [0.15, 0.2) is 0 Å². The van der Waals surface area contributed by atoms with E-state index in [2.05, 4.69) is 10.6 Å². The molecule has 5 heteroatoms. The van der Waals surface area contributed by atoms with Crippen LogP contribution in [-0.4, -0.2) is 24.9 Å². The third-order valence-corrected chi connectivity index (χ3v) is 2.59. The lowest BCUT2D eigenvalue weighted by atomic mass is 10.2. The minimum absolute atomic E-state index is 0.0178. The summed E-state index contributed by atoms with van der Waals surface area (Å²) < 4.78 is 0. The monoisotopic (exact) mass is 268 g/mol. The fourth-order valence-electron chi connectivity index (χ4n) is 1.27. The minimum Gasteiger partial charge on any atom is -0.354 e. The largest absolute Gasteiger partial charge is 0.354 e. The van der Waals surface area contributed by atoms with Crippen LogP contribution in [0.3, 0.4) is 0 Å². The van der Waals surface area contributed by atoms with E-state index in [0.717, 1.165) is 0 Å². The maximum absolute atomic E-state index is 11.7. The van der Waals surface area contributed by atoms with Crippen LogP contribution in [0.15, 0.2) is 24.3 Å². The fourth-order valence-corrected chi connectivity index (χ4v) is 1.40. The number of hydrogen-bond donors (Lipinski definition) is 2. The number of halogens is 1. The van der Waals surface area contributed by atoms with E-state index in [-0.39, 0.29) is 17.7 Å². The van der Waals surface area contributed by atoms with Crippen molar-refractivity contribution in [3.63, 3.8) is 0 Å². The van der Waals surface area contributed by atoms with Crippen molar-refractivity contribution in [1.29, 1.82) is 0 Å². The van der Waals surface area contributed by atoms with Gasteiger partial charge in [0.05, 0.1) is 0 Å². The van der Waals surface area contributed by atoms with E-state index in [4.69, 9.17) is 11.6 Å². The Kier molecular flexibility index (Phi) is 5.65. The van der Waals surface area contributed by atoms with Crippen LogP contribution in [0, 0.1) is 5.92 Å². The zero-order chi connectivity index (χ0) is 13.5.